The van der Waals surface area contributed by atoms with Crippen molar-refractivity contribution in [3.63, 3.8) is 0 Å². The van der Waals surface area contributed by atoms with Gasteiger partial charge in [0.25, 0.3) is 0 Å². The number of nitriles is 1. The fourth-order valence-corrected chi connectivity index (χ4v) is 7.26. The number of carbonyl (C=O) groups excluding carboxylic acids is 1. The van der Waals surface area contributed by atoms with Gasteiger partial charge in [-0.2, -0.15) is 5.26 Å². The molecule has 3 nitrogen and oxygen atoms in total. The molecule has 0 amide bonds. The summed E-state index contributed by atoms with van der Waals surface area (Å²) in [7, 11) is 0. The van der Waals surface area contributed by atoms with Crippen LogP contribution in [0.25, 0.3) is 0 Å². The van der Waals surface area contributed by atoms with Crippen LogP contribution in [0.5, 0.6) is 0 Å². The molecular weight excluding hydrogens is 358 g/mol. The maximum Gasteiger partial charge on any atom is 0.306 e. The maximum absolute atomic E-state index is 12.4. The zero-order valence-electron chi connectivity index (χ0n) is 19.0. The third-order valence-corrected chi connectivity index (χ3v) is 8.67. The Kier molecular flexibility index (Phi) is 7.47. The summed E-state index contributed by atoms with van der Waals surface area (Å²) in [6.45, 7) is 9.69. The zero-order chi connectivity index (χ0) is 21.0. The van der Waals surface area contributed by atoms with Gasteiger partial charge in [-0.3, -0.25) is 4.79 Å². The molecule has 3 rings (SSSR count). The van der Waals surface area contributed by atoms with E-state index in [2.05, 4.69) is 33.8 Å². The van der Waals surface area contributed by atoms with E-state index < -0.39 is 0 Å². The molecule has 7 atom stereocenters. The van der Waals surface area contributed by atoms with Gasteiger partial charge in [-0.25, -0.2) is 0 Å². The predicted octanol–water partition coefficient (Wildman–Crippen LogP) is 6.68. The van der Waals surface area contributed by atoms with Crippen molar-refractivity contribution in [2.45, 2.75) is 98.0 Å². The first kappa shape index (κ1) is 22.4. The van der Waals surface area contributed by atoms with Crippen LogP contribution in [0, 0.1) is 52.3 Å². The Labute approximate surface area is 178 Å². The highest BCUT2D eigenvalue weighted by Crippen LogP contribution is 2.63. The van der Waals surface area contributed by atoms with Crippen LogP contribution in [0.1, 0.15) is 91.9 Å². The Morgan fingerprint density at radius 1 is 1.21 bits per heavy atom. The van der Waals surface area contributed by atoms with Gasteiger partial charge in [0.15, 0.2) is 0 Å². The quantitative estimate of drug-likeness (QED) is 0.338. The van der Waals surface area contributed by atoms with E-state index in [1.165, 1.54) is 44.9 Å². The van der Waals surface area contributed by atoms with E-state index in [4.69, 9.17) is 10.00 Å². The molecule has 2 saturated carbocycles. The Morgan fingerprint density at radius 3 is 2.72 bits per heavy atom. The Balaban J connectivity index is 1.66. The number of ether oxygens (including phenoxy) is 1. The first-order chi connectivity index (χ1) is 13.9. The number of fused-ring (bicyclic) bond motifs is 3. The molecule has 29 heavy (non-hydrogen) atoms. The lowest BCUT2D eigenvalue weighted by Gasteiger charge is -2.53. The van der Waals surface area contributed by atoms with Gasteiger partial charge >= 0.3 is 5.97 Å². The second kappa shape index (κ2) is 9.67. The van der Waals surface area contributed by atoms with E-state index in [0.29, 0.717) is 29.6 Å². The van der Waals surface area contributed by atoms with Gasteiger partial charge in [0, 0.05) is 12.5 Å². The van der Waals surface area contributed by atoms with Gasteiger partial charge in [0.05, 0.1) is 6.07 Å². The summed E-state index contributed by atoms with van der Waals surface area (Å²) < 4.78 is 5.81. The summed E-state index contributed by atoms with van der Waals surface area (Å²) in [5, 5.41) is 8.69. The van der Waals surface area contributed by atoms with Crippen molar-refractivity contribution in [3.05, 3.63) is 12.2 Å². The number of esters is 1. The topological polar surface area (TPSA) is 50.1 Å². The summed E-state index contributed by atoms with van der Waals surface area (Å²) in [5.74, 6) is 4.14. The van der Waals surface area contributed by atoms with E-state index in [-0.39, 0.29) is 12.1 Å². The number of cyclic esters (lactones) is 1. The summed E-state index contributed by atoms with van der Waals surface area (Å²) in [6, 6.07) is 2.05. The third kappa shape index (κ3) is 4.89. The molecule has 3 aliphatic rings. The summed E-state index contributed by atoms with van der Waals surface area (Å²) >= 11 is 0. The van der Waals surface area contributed by atoms with E-state index in [1.807, 2.05) is 6.08 Å². The minimum Gasteiger partial charge on any atom is -0.462 e. The van der Waals surface area contributed by atoms with Crippen LogP contribution < -0.4 is 0 Å². The van der Waals surface area contributed by atoms with Gasteiger partial charge in [-0.05, 0) is 79.4 Å². The van der Waals surface area contributed by atoms with Crippen molar-refractivity contribution < 1.29 is 9.53 Å². The molecular formula is C26H41NO2. The molecule has 0 aromatic heterocycles. The summed E-state index contributed by atoms with van der Waals surface area (Å²) in [5.41, 5.74) is 0.404. The number of hydrogen-bond donors (Lipinski definition) is 0. The number of carbonyl (C=O) groups is 1. The fraction of sp³-hybridized carbons (Fsp3) is 0.846. The highest BCUT2D eigenvalue weighted by Gasteiger charge is 2.57. The molecule has 0 radical (unpaired) electrons. The van der Waals surface area contributed by atoms with Gasteiger partial charge in [-0.1, -0.05) is 53.0 Å². The predicted molar refractivity (Wildman–Crippen MR) is 117 cm³/mol. The Hall–Kier alpha value is -1.30. The van der Waals surface area contributed by atoms with Crippen LogP contribution in [0.4, 0.5) is 0 Å². The molecule has 0 aromatic carbocycles. The zero-order valence-corrected chi connectivity index (χ0v) is 19.0. The molecule has 1 saturated heterocycles. The average Bonchev–Trinajstić information content (AvgIpc) is 3.02. The molecule has 0 aromatic rings. The number of nitrogens with zero attached hydrogens (tertiary/aromatic N) is 1. The monoisotopic (exact) mass is 399 g/mol. The first-order valence-electron chi connectivity index (χ1n) is 12.1. The van der Waals surface area contributed by atoms with Crippen molar-refractivity contribution >= 4 is 5.97 Å². The molecule has 1 aliphatic heterocycles. The standard InChI is InChI=1S/C26H41NO2/c1-18(2)9-8-10-19(3)22-12-13-23-21-17-25(28)29-24(11-6-5-7-16-27)20(21)14-15-26(22,23)4/h5,7,18-24H,6,8-15,17H2,1-4H3/b7-5-/t19-,20+,21-,22-,23+,24+,26-/m1/s1. The molecule has 162 valence electrons. The van der Waals surface area contributed by atoms with Gasteiger partial charge in [0.1, 0.15) is 6.10 Å². The second-order valence-electron chi connectivity index (χ2n) is 10.8. The van der Waals surface area contributed by atoms with Crippen LogP contribution in [0.3, 0.4) is 0 Å². The highest BCUT2D eigenvalue weighted by molar-refractivity contribution is 5.71. The minimum absolute atomic E-state index is 0.0122. The lowest BCUT2D eigenvalue weighted by molar-refractivity contribution is -0.174. The van der Waals surface area contributed by atoms with Crippen molar-refractivity contribution in [3.8, 4) is 6.07 Å². The van der Waals surface area contributed by atoms with Crippen LogP contribution in [-0.4, -0.2) is 12.1 Å². The molecule has 0 spiro atoms. The summed E-state index contributed by atoms with van der Waals surface area (Å²) in [6.07, 6.45) is 15.0. The third-order valence-electron chi connectivity index (χ3n) is 8.67. The smallest absolute Gasteiger partial charge is 0.306 e. The van der Waals surface area contributed by atoms with Crippen molar-refractivity contribution in [1.29, 1.82) is 5.26 Å². The van der Waals surface area contributed by atoms with Gasteiger partial charge < -0.3 is 4.74 Å². The van der Waals surface area contributed by atoms with Crippen molar-refractivity contribution in [2.24, 2.45) is 40.9 Å². The Morgan fingerprint density at radius 2 is 2.00 bits per heavy atom. The maximum atomic E-state index is 12.4. The largest absolute Gasteiger partial charge is 0.462 e. The fourth-order valence-electron chi connectivity index (χ4n) is 7.26. The van der Waals surface area contributed by atoms with Crippen LogP contribution in [0.15, 0.2) is 12.2 Å². The molecule has 0 N–H and O–H groups in total. The molecule has 3 fully saturated rings. The number of rotatable bonds is 8. The second-order valence-corrected chi connectivity index (χ2v) is 10.8. The molecule has 2 aliphatic carbocycles. The van der Waals surface area contributed by atoms with E-state index in [1.54, 1.807) is 6.08 Å². The molecule has 0 bridgehead atoms. The lowest BCUT2D eigenvalue weighted by Crippen LogP contribution is -2.50. The van der Waals surface area contributed by atoms with Crippen LogP contribution in [0.2, 0.25) is 0 Å². The molecule has 3 heteroatoms. The van der Waals surface area contributed by atoms with Crippen LogP contribution in [-0.2, 0) is 9.53 Å². The SMILES string of the molecule is CC(C)CCC[C@@H](C)[C@H]1CC[C@H]2[C@@H]3CC(=O)O[C@@H](CC/C=C\C#N)[C@H]3CC[C@]12C. The summed E-state index contributed by atoms with van der Waals surface area (Å²) in [4.78, 5) is 12.4. The molecule has 1 heterocycles. The van der Waals surface area contributed by atoms with E-state index >= 15 is 0 Å². The van der Waals surface area contributed by atoms with E-state index in [9.17, 15) is 4.79 Å². The van der Waals surface area contributed by atoms with Crippen LogP contribution >= 0.6 is 0 Å². The lowest BCUT2D eigenvalue weighted by atomic mass is 9.54. The van der Waals surface area contributed by atoms with Gasteiger partial charge in [0.2, 0.25) is 0 Å². The Bertz CT molecular complexity index is 633. The number of allylic oxidation sites excluding steroid dienone is 2. The first-order valence-corrected chi connectivity index (χ1v) is 12.1. The number of hydrogen-bond acceptors (Lipinski definition) is 3. The average molecular weight is 400 g/mol. The highest BCUT2D eigenvalue weighted by atomic mass is 16.5. The minimum atomic E-state index is 0.0122. The van der Waals surface area contributed by atoms with Gasteiger partial charge in [-0.15, -0.1) is 0 Å². The normalized spacial score (nSPS) is 37.8. The van der Waals surface area contributed by atoms with Crippen molar-refractivity contribution in [1.82, 2.24) is 0 Å². The molecule has 0 unspecified atom stereocenters. The van der Waals surface area contributed by atoms with E-state index in [0.717, 1.165) is 30.6 Å². The van der Waals surface area contributed by atoms with Crippen molar-refractivity contribution in [2.75, 3.05) is 0 Å².